The van der Waals surface area contributed by atoms with Crippen LogP contribution in [-0.2, 0) is 11.3 Å². The lowest BCUT2D eigenvalue weighted by atomic mass is 9.96. The molecule has 0 atom stereocenters. The highest BCUT2D eigenvalue weighted by Crippen LogP contribution is 2.31. The summed E-state index contributed by atoms with van der Waals surface area (Å²) in [5.74, 6) is -0.760. The van der Waals surface area contributed by atoms with Gasteiger partial charge in [0.05, 0.1) is 5.56 Å². The quantitative estimate of drug-likeness (QED) is 0.647. The van der Waals surface area contributed by atoms with E-state index in [2.05, 4.69) is 0 Å². The first-order chi connectivity index (χ1) is 8.25. The number of carbonyl (C=O) groups excluding carboxylic acids is 1. The summed E-state index contributed by atoms with van der Waals surface area (Å²) in [6, 6.07) is 11.6. The highest BCUT2D eigenvalue weighted by molar-refractivity contribution is 5.98. The van der Waals surface area contributed by atoms with Crippen molar-refractivity contribution in [3.63, 3.8) is 0 Å². The lowest BCUT2D eigenvalue weighted by Gasteiger charge is -2.06. The molecule has 0 N–H and O–H groups in total. The minimum absolute atomic E-state index is 0.227. The number of carbonyl (C=O) groups is 1. The molecule has 2 nitrogen and oxygen atoms in total. The van der Waals surface area contributed by atoms with Gasteiger partial charge in [-0.3, -0.25) is 0 Å². The monoisotopic (exact) mass is 228 g/mol. The average Bonchev–Trinajstić information content (AvgIpc) is 2.48. The van der Waals surface area contributed by atoms with Crippen LogP contribution in [0.15, 0.2) is 42.5 Å². The van der Waals surface area contributed by atoms with Gasteiger partial charge in [0.2, 0.25) is 0 Å². The molecule has 0 bridgehead atoms. The van der Waals surface area contributed by atoms with Crippen LogP contribution in [0.25, 0.3) is 11.1 Å². The molecule has 1 aliphatic heterocycles. The lowest BCUT2D eigenvalue weighted by Crippen LogP contribution is -2.03. The van der Waals surface area contributed by atoms with E-state index in [1.54, 1.807) is 0 Å². The van der Waals surface area contributed by atoms with Crippen molar-refractivity contribution in [2.24, 2.45) is 0 Å². The third kappa shape index (κ3) is 1.60. The predicted molar refractivity (Wildman–Crippen MR) is 61.0 cm³/mol. The summed E-state index contributed by atoms with van der Waals surface area (Å²) in [4.78, 5) is 11.7. The zero-order chi connectivity index (χ0) is 11.8. The second kappa shape index (κ2) is 3.70. The number of halogens is 1. The Hall–Kier alpha value is -2.16. The Morgan fingerprint density at radius 1 is 1.00 bits per heavy atom. The van der Waals surface area contributed by atoms with Crippen molar-refractivity contribution in [2.45, 2.75) is 6.61 Å². The van der Waals surface area contributed by atoms with Crippen LogP contribution in [0, 0.1) is 5.82 Å². The standard InChI is InChI=1S/C14H9FO2/c15-10-5-6-12-13(7-10)11-4-2-1-3-9(11)8-17-14(12)16/h1-7H,8H2. The maximum Gasteiger partial charge on any atom is 0.339 e. The fourth-order valence-corrected chi connectivity index (χ4v) is 2.05. The van der Waals surface area contributed by atoms with Gasteiger partial charge in [-0.25, -0.2) is 9.18 Å². The summed E-state index contributed by atoms with van der Waals surface area (Å²) in [5, 5.41) is 0. The van der Waals surface area contributed by atoms with Gasteiger partial charge in [0, 0.05) is 0 Å². The molecule has 0 saturated carbocycles. The van der Waals surface area contributed by atoms with Crippen molar-refractivity contribution in [3.8, 4) is 11.1 Å². The SMILES string of the molecule is O=C1OCc2ccccc2-c2cc(F)ccc21. The number of hydrogen-bond acceptors (Lipinski definition) is 2. The molecule has 2 aromatic rings. The molecular formula is C14H9FO2. The Bertz CT molecular complexity index is 605. The van der Waals surface area contributed by atoms with Crippen molar-refractivity contribution < 1.29 is 13.9 Å². The Kier molecular flexibility index (Phi) is 2.18. The fourth-order valence-electron chi connectivity index (χ4n) is 2.05. The first-order valence-corrected chi connectivity index (χ1v) is 5.30. The van der Waals surface area contributed by atoms with Crippen LogP contribution in [0.4, 0.5) is 4.39 Å². The van der Waals surface area contributed by atoms with Crippen LogP contribution >= 0.6 is 0 Å². The van der Waals surface area contributed by atoms with E-state index in [4.69, 9.17) is 4.74 Å². The molecule has 0 amide bonds. The molecule has 0 aliphatic carbocycles. The Morgan fingerprint density at radius 3 is 2.71 bits per heavy atom. The predicted octanol–water partition coefficient (Wildman–Crippen LogP) is 3.16. The zero-order valence-electron chi connectivity index (χ0n) is 8.94. The minimum atomic E-state index is -0.406. The smallest absolute Gasteiger partial charge is 0.339 e. The van der Waals surface area contributed by atoms with E-state index in [0.29, 0.717) is 11.1 Å². The molecule has 1 aliphatic rings. The van der Waals surface area contributed by atoms with E-state index >= 15 is 0 Å². The van der Waals surface area contributed by atoms with Crippen LogP contribution < -0.4 is 0 Å². The van der Waals surface area contributed by atoms with Gasteiger partial charge in [0.1, 0.15) is 12.4 Å². The normalized spacial score (nSPS) is 13.4. The van der Waals surface area contributed by atoms with Crippen molar-refractivity contribution in [1.82, 2.24) is 0 Å². The van der Waals surface area contributed by atoms with E-state index < -0.39 is 5.97 Å². The van der Waals surface area contributed by atoms with Gasteiger partial charge in [-0.05, 0) is 34.9 Å². The average molecular weight is 228 g/mol. The number of cyclic esters (lactones) is 1. The summed E-state index contributed by atoms with van der Waals surface area (Å²) in [6.45, 7) is 0.227. The molecular weight excluding hydrogens is 219 g/mol. The molecule has 0 saturated heterocycles. The van der Waals surface area contributed by atoms with Gasteiger partial charge in [0.25, 0.3) is 0 Å². The van der Waals surface area contributed by atoms with E-state index in [9.17, 15) is 9.18 Å². The van der Waals surface area contributed by atoms with Gasteiger partial charge in [0.15, 0.2) is 0 Å². The number of hydrogen-bond donors (Lipinski definition) is 0. The first kappa shape index (κ1) is 10.0. The molecule has 0 radical (unpaired) electrons. The van der Waals surface area contributed by atoms with Gasteiger partial charge < -0.3 is 4.74 Å². The highest BCUT2D eigenvalue weighted by Gasteiger charge is 2.21. The summed E-state index contributed by atoms with van der Waals surface area (Å²) in [7, 11) is 0. The second-order valence-corrected chi connectivity index (χ2v) is 3.92. The summed E-state index contributed by atoms with van der Waals surface area (Å²) in [6.07, 6.45) is 0. The number of ether oxygens (including phenoxy) is 1. The van der Waals surface area contributed by atoms with E-state index in [1.807, 2.05) is 24.3 Å². The fraction of sp³-hybridized carbons (Fsp3) is 0.0714. The number of esters is 1. The molecule has 0 unspecified atom stereocenters. The van der Waals surface area contributed by atoms with E-state index in [-0.39, 0.29) is 12.4 Å². The maximum atomic E-state index is 13.3. The summed E-state index contributed by atoms with van der Waals surface area (Å²) < 4.78 is 18.4. The van der Waals surface area contributed by atoms with Crippen LogP contribution in [0.5, 0.6) is 0 Å². The third-order valence-corrected chi connectivity index (χ3v) is 2.87. The van der Waals surface area contributed by atoms with Gasteiger partial charge in [-0.15, -0.1) is 0 Å². The first-order valence-electron chi connectivity index (χ1n) is 5.30. The highest BCUT2D eigenvalue weighted by atomic mass is 19.1. The molecule has 17 heavy (non-hydrogen) atoms. The Morgan fingerprint density at radius 2 is 1.82 bits per heavy atom. The largest absolute Gasteiger partial charge is 0.457 e. The van der Waals surface area contributed by atoms with Crippen LogP contribution in [0.1, 0.15) is 15.9 Å². The number of rotatable bonds is 0. The molecule has 1 heterocycles. The van der Waals surface area contributed by atoms with Crippen molar-refractivity contribution in [1.29, 1.82) is 0 Å². The Balaban J connectivity index is 2.33. The molecule has 3 heteroatoms. The van der Waals surface area contributed by atoms with Gasteiger partial charge >= 0.3 is 5.97 Å². The summed E-state index contributed by atoms with van der Waals surface area (Å²) in [5.41, 5.74) is 2.76. The van der Waals surface area contributed by atoms with Crippen molar-refractivity contribution in [2.75, 3.05) is 0 Å². The van der Waals surface area contributed by atoms with Crippen LogP contribution in [-0.4, -0.2) is 5.97 Å². The van der Waals surface area contributed by atoms with Crippen molar-refractivity contribution in [3.05, 3.63) is 59.4 Å². The number of benzene rings is 2. The zero-order valence-corrected chi connectivity index (χ0v) is 8.94. The van der Waals surface area contributed by atoms with E-state index in [1.165, 1.54) is 18.2 Å². The molecule has 3 rings (SSSR count). The maximum absolute atomic E-state index is 13.3. The molecule has 0 spiro atoms. The lowest BCUT2D eigenvalue weighted by molar-refractivity contribution is 0.0479. The Labute approximate surface area is 97.7 Å². The van der Waals surface area contributed by atoms with Gasteiger partial charge in [-0.2, -0.15) is 0 Å². The second-order valence-electron chi connectivity index (χ2n) is 3.92. The van der Waals surface area contributed by atoms with Crippen LogP contribution in [0.2, 0.25) is 0 Å². The minimum Gasteiger partial charge on any atom is -0.457 e. The summed E-state index contributed by atoms with van der Waals surface area (Å²) >= 11 is 0. The molecule has 0 fully saturated rings. The molecule has 0 aromatic heterocycles. The molecule has 2 aromatic carbocycles. The van der Waals surface area contributed by atoms with Crippen molar-refractivity contribution >= 4 is 5.97 Å². The van der Waals surface area contributed by atoms with Crippen LogP contribution in [0.3, 0.4) is 0 Å². The third-order valence-electron chi connectivity index (χ3n) is 2.87. The van der Waals surface area contributed by atoms with E-state index in [0.717, 1.165) is 11.1 Å². The topological polar surface area (TPSA) is 26.3 Å². The van der Waals surface area contributed by atoms with Gasteiger partial charge in [-0.1, -0.05) is 24.3 Å². The number of fused-ring (bicyclic) bond motifs is 3. The molecule has 84 valence electrons.